The third kappa shape index (κ3) is 3.77. The van der Waals surface area contributed by atoms with Gasteiger partial charge < -0.3 is 9.73 Å². The molecule has 3 rings (SSSR count). The minimum atomic E-state index is -0.183. The Morgan fingerprint density at radius 2 is 1.70 bits per heavy atom. The van der Waals surface area contributed by atoms with Gasteiger partial charge in [-0.3, -0.25) is 4.79 Å². The van der Waals surface area contributed by atoms with E-state index in [1.165, 1.54) is 6.08 Å². The zero-order valence-corrected chi connectivity index (χ0v) is 12.8. The van der Waals surface area contributed by atoms with Gasteiger partial charge in [-0.25, -0.2) is 0 Å². The summed E-state index contributed by atoms with van der Waals surface area (Å²) in [6, 6.07) is 21.3. The summed E-state index contributed by atoms with van der Waals surface area (Å²) in [5.74, 6) is 1.24. The van der Waals surface area contributed by atoms with Crippen molar-refractivity contribution in [1.29, 1.82) is 0 Å². The predicted octanol–water partition coefficient (Wildman–Crippen LogP) is 4.91. The van der Waals surface area contributed by atoms with Crippen LogP contribution < -0.4 is 5.32 Å². The lowest BCUT2D eigenvalue weighted by Gasteiger charge is -2.04. The predicted molar refractivity (Wildman–Crippen MR) is 93.0 cm³/mol. The number of benzene rings is 2. The van der Waals surface area contributed by atoms with Crippen molar-refractivity contribution in [3.8, 4) is 11.3 Å². The summed E-state index contributed by atoms with van der Waals surface area (Å²) in [4.78, 5) is 12.0. The van der Waals surface area contributed by atoms with Crippen LogP contribution in [-0.2, 0) is 4.79 Å². The van der Waals surface area contributed by atoms with Gasteiger partial charge >= 0.3 is 0 Å². The molecular weight excluding hydrogens is 286 g/mol. The smallest absolute Gasteiger partial charge is 0.248 e. The quantitative estimate of drug-likeness (QED) is 0.696. The molecule has 3 nitrogen and oxygen atoms in total. The van der Waals surface area contributed by atoms with Crippen LogP contribution in [0.3, 0.4) is 0 Å². The summed E-state index contributed by atoms with van der Waals surface area (Å²) in [5, 5.41) is 2.85. The highest BCUT2D eigenvalue weighted by molar-refractivity contribution is 6.02. The molecule has 0 aliphatic carbocycles. The molecule has 0 unspecified atom stereocenters. The first-order valence-corrected chi connectivity index (χ1v) is 7.42. The molecule has 0 aliphatic rings. The van der Waals surface area contributed by atoms with E-state index in [2.05, 4.69) is 5.32 Å². The van der Waals surface area contributed by atoms with Crippen LogP contribution in [0, 0.1) is 6.92 Å². The van der Waals surface area contributed by atoms with Gasteiger partial charge in [0, 0.05) is 17.3 Å². The second-order valence-electron chi connectivity index (χ2n) is 5.21. The van der Waals surface area contributed by atoms with Crippen LogP contribution in [0.2, 0.25) is 0 Å². The van der Waals surface area contributed by atoms with Crippen molar-refractivity contribution >= 4 is 17.7 Å². The van der Waals surface area contributed by atoms with E-state index in [1.54, 1.807) is 6.08 Å². The molecule has 0 bridgehead atoms. The van der Waals surface area contributed by atoms with Crippen molar-refractivity contribution in [2.75, 3.05) is 5.32 Å². The maximum atomic E-state index is 12.0. The highest BCUT2D eigenvalue weighted by Crippen LogP contribution is 2.22. The van der Waals surface area contributed by atoms with Gasteiger partial charge in [-0.05, 0) is 36.8 Å². The van der Waals surface area contributed by atoms with Crippen molar-refractivity contribution in [2.45, 2.75) is 6.92 Å². The van der Waals surface area contributed by atoms with E-state index >= 15 is 0 Å². The molecule has 2 aromatic carbocycles. The van der Waals surface area contributed by atoms with Crippen molar-refractivity contribution in [3.05, 3.63) is 84.1 Å². The van der Waals surface area contributed by atoms with Crippen LogP contribution in [0.1, 0.15) is 11.3 Å². The fourth-order valence-corrected chi connectivity index (χ4v) is 2.25. The Balaban J connectivity index is 1.68. The SMILES string of the molecule is Cc1ccccc1NC(=O)C=Cc1ccc(-c2ccccc2)o1. The second kappa shape index (κ2) is 6.79. The fraction of sp³-hybridized carbons (Fsp3) is 0.0500. The van der Waals surface area contributed by atoms with Crippen LogP contribution >= 0.6 is 0 Å². The van der Waals surface area contributed by atoms with Gasteiger partial charge in [0.05, 0.1) is 0 Å². The Kier molecular flexibility index (Phi) is 4.39. The second-order valence-corrected chi connectivity index (χ2v) is 5.21. The summed E-state index contributed by atoms with van der Waals surface area (Å²) >= 11 is 0. The number of hydrogen-bond donors (Lipinski definition) is 1. The molecule has 23 heavy (non-hydrogen) atoms. The summed E-state index contributed by atoms with van der Waals surface area (Å²) in [6.45, 7) is 1.96. The molecule has 1 heterocycles. The zero-order chi connectivity index (χ0) is 16.1. The van der Waals surface area contributed by atoms with Gasteiger partial charge in [0.25, 0.3) is 0 Å². The van der Waals surface area contributed by atoms with Crippen LogP contribution in [0.15, 0.2) is 77.2 Å². The Hall–Kier alpha value is -3.07. The number of aryl methyl sites for hydroxylation is 1. The first-order valence-electron chi connectivity index (χ1n) is 7.42. The standard InChI is InChI=1S/C20H17NO2/c1-15-7-5-6-10-18(15)21-20(22)14-12-17-11-13-19(23-17)16-8-3-2-4-9-16/h2-14H,1H3,(H,21,22). The molecule has 1 amide bonds. The normalized spacial score (nSPS) is 10.8. The summed E-state index contributed by atoms with van der Waals surface area (Å²) < 4.78 is 5.73. The Bertz CT molecular complexity index is 832. The van der Waals surface area contributed by atoms with Gasteiger partial charge in [0.1, 0.15) is 11.5 Å². The van der Waals surface area contributed by atoms with Gasteiger partial charge in [-0.1, -0.05) is 48.5 Å². The molecule has 114 valence electrons. The van der Waals surface area contributed by atoms with E-state index in [0.29, 0.717) is 5.76 Å². The molecule has 0 saturated heterocycles. The molecule has 0 atom stereocenters. The lowest BCUT2D eigenvalue weighted by molar-refractivity contribution is -0.111. The van der Waals surface area contributed by atoms with Crippen LogP contribution in [0.25, 0.3) is 17.4 Å². The third-order valence-electron chi connectivity index (χ3n) is 3.49. The lowest BCUT2D eigenvalue weighted by Crippen LogP contribution is -2.08. The summed E-state index contributed by atoms with van der Waals surface area (Å²) in [7, 11) is 0. The first kappa shape index (κ1) is 14.9. The molecule has 0 aliphatic heterocycles. The number of furan rings is 1. The third-order valence-corrected chi connectivity index (χ3v) is 3.49. The molecular formula is C20H17NO2. The van der Waals surface area contributed by atoms with Crippen molar-refractivity contribution in [1.82, 2.24) is 0 Å². The van der Waals surface area contributed by atoms with Crippen molar-refractivity contribution in [2.24, 2.45) is 0 Å². The number of rotatable bonds is 4. The van der Waals surface area contributed by atoms with Crippen LogP contribution in [0.4, 0.5) is 5.69 Å². The van der Waals surface area contributed by atoms with E-state index in [-0.39, 0.29) is 5.91 Å². The van der Waals surface area contributed by atoms with Crippen molar-refractivity contribution in [3.63, 3.8) is 0 Å². The molecule has 1 aromatic heterocycles. The minimum absolute atomic E-state index is 0.183. The molecule has 1 N–H and O–H groups in total. The lowest BCUT2D eigenvalue weighted by atomic mass is 10.2. The van der Waals surface area contributed by atoms with Gasteiger partial charge in [0.15, 0.2) is 0 Å². The van der Waals surface area contributed by atoms with E-state index in [9.17, 15) is 4.79 Å². The van der Waals surface area contributed by atoms with Crippen LogP contribution in [0.5, 0.6) is 0 Å². The highest BCUT2D eigenvalue weighted by atomic mass is 16.3. The Morgan fingerprint density at radius 1 is 0.957 bits per heavy atom. The molecule has 3 aromatic rings. The molecule has 0 spiro atoms. The summed E-state index contributed by atoms with van der Waals surface area (Å²) in [5.41, 5.74) is 2.85. The minimum Gasteiger partial charge on any atom is -0.457 e. The number of hydrogen-bond acceptors (Lipinski definition) is 2. The van der Waals surface area contributed by atoms with Crippen molar-refractivity contribution < 1.29 is 9.21 Å². The monoisotopic (exact) mass is 303 g/mol. The average Bonchev–Trinajstić information content (AvgIpc) is 3.05. The highest BCUT2D eigenvalue weighted by Gasteiger charge is 2.03. The topological polar surface area (TPSA) is 42.2 Å². The van der Waals surface area contributed by atoms with E-state index in [4.69, 9.17) is 4.42 Å². The Labute approximate surface area is 135 Å². The van der Waals surface area contributed by atoms with E-state index < -0.39 is 0 Å². The van der Waals surface area contributed by atoms with E-state index in [0.717, 1.165) is 22.6 Å². The van der Waals surface area contributed by atoms with Gasteiger partial charge in [0.2, 0.25) is 5.91 Å². The Morgan fingerprint density at radius 3 is 2.48 bits per heavy atom. The van der Waals surface area contributed by atoms with Gasteiger partial charge in [-0.2, -0.15) is 0 Å². The van der Waals surface area contributed by atoms with E-state index in [1.807, 2.05) is 73.7 Å². The molecule has 0 fully saturated rings. The fourth-order valence-electron chi connectivity index (χ4n) is 2.25. The molecule has 0 radical (unpaired) electrons. The number of carbonyl (C=O) groups is 1. The number of para-hydroxylation sites is 1. The molecule has 3 heteroatoms. The number of anilines is 1. The number of nitrogens with one attached hydrogen (secondary N) is 1. The number of amides is 1. The maximum absolute atomic E-state index is 12.0. The van der Waals surface area contributed by atoms with Crippen LogP contribution in [-0.4, -0.2) is 5.91 Å². The number of carbonyl (C=O) groups excluding carboxylic acids is 1. The summed E-state index contributed by atoms with van der Waals surface area (Å²) in [6.07, 6.45) is 3.14. The molecule has 0 saturated carbocycles. The average molecular weight is 303 g/mol. The maximum Gasteiger partial charge on any atom is 0.248 e. The van der Waals surface area contributed by atoms with Gasteiger partial charge in [-0.15, -0.1) is 0 Å². The first-order chi connectivity index (χ1) is 11.2. The zero-order valence-electron chi connectivity index (χ0n) is 12.8. The largest absolute Gasteiger partial charge is 0.457 e.